The lowest BCUT2D eigenvalue weighted by atomic mass is 9.80. The van der Waals surface area contributed by atoms with Gasteiger partial charge in [-0.15, -0.1) is 0 Å². The van der Waals surface area contributed by atoms with Gasteiger partial charge >= 0.3 is 0 Å². The van der Waals surface area contributed by atoms with Gasteiger partial charge in [0.05, 0.1) is 0 Å². The molecule has 0 fully saturated rings. The van der Waals surface area contributed by atoms with Crippen LogP contribution in [0.1, 0.15) is 66.8 Å². The Kier molecular flexibility index (Phi) is 10.0. The Hall–Kier alpha value is -6.32. The molecule has 2 heteroatoms. The molecule has 11 aromatic rings. The minimum atomic E-state index is 1.30. The van der Waals surface area contributed by atoms with Crippen LogP contribution in [0.3, 0.4) is 0 Å². The van der Waals surface area contributed by atoms with Crippen LogP contribution in [0.5, 0.6) is 0 Å². The second-order valence-corrected chi connectivity index (χ2v) is 21.7. The Balaban J connectivity index is 1.45. The van der Waals surface area contributed by atoms with Crippen molar-refractivity contribution < 1.29 is 0 Å². The van der Waals surface area contributed by atoms with Gasteiger partial charge < -0.3 is 0 Å². The van der Waals surface area contributed by atoms with Gasteiger partial charge in [0.25, 0.3) is 0 Å². The smallest absolute Gasteiger partial charge is 0.0612 e. The maximum absolute atomic E-state index is 2.61. The number of benzene rings is 9. The van der Waals surface area contributed by atoms with E-state index in [2.05, 4.69) is 204 Å². The van der Waals surface area contributed by atoms with Gasteiger partial charge in [-0.05, 0) is 207 Å². The van der Waals surface area contributed by atoms with Gasteiger partial charge in [0, 0.05) is 56.9 Å². The minimum Gasteiger partial charge on any atom is -0.0612 e. The average molecular weight is 889 g/mol. The van der Waals surface area contributed by atoms with Crippen LogP contribution in [0, 0.1) is 83.1 Å². The van der Waals surface area contributed by atoms with E-state index in [1.54, 1.807) is 0 Å². The Morgan fingerprint density at radius 2 is 0.455 bits per heavy atom. The van der Waals surface area contributed by atoms with Crippen molar-refractivity contribution in [3.05, 3.63) is 188 Å². The van der Waals surface area contributed by atoms with Gasteiger partial charge in [0.15, 0.2) is 0 Å². The summed E-state index contributed by atoms with van der Waals surface area (Å²) in [6.07, 6.45) is 0. The van der Waals surface area contributed by atoms with Crippen LogP contribution in [-0.4, -0.2) is 0 Å². The van der Waals surface area contributed by atoms with E-state index in [1.807, 2.05) is 22.7 Å². The largest absolute Gasteiger partial charge is 0.240 e. The molecule has 2 aromatic heterocycles. The van der Waals surface area contributed by atoms with Crippen LogP contribution in [-0.2, 0) is 0 Å². The fraction of sp³-hybridized carbons (Fsp3) is 0.188. The lowest BCUT2D eigenvalue weighted by Gasteiger charge is -2.23. The van der Waals surface area contributed by atoms with Crippen LogP contribution in [0.15, 0.2) is 121 Å². The number of fused-ring (bicyclic) bond motifs is 6. The molecule has 0 atom stereocenters. The standard InChI is InChI=1S/C64H56S2/c1-33-21-37(5)57(38(6)22-33)61-45-17-13-15-19-53(45)65-55-31-49-47(29-51(55)61)63(59-41(9)25-35(3)26-42(59)10)50-32-56-52(30-48(50)64(49)60-43(11)27-36(4)28-44(60)12)62(46-18-14-16-20-54(46)66-56)58-39(7)23-34(2)24-40(58)8/h13-32H,1-12H3/q+2. The molecule has 0 N–H and O–H groups in total. The van der Waals surface area contributed by atoms with Crippen molar-refractivity contribution in [3.63, 3.8) is 0 Å². The van der Waals surface area contributed by atoms with Crippen LogP contribution >= 0.6 is 22.7 Å². The van der Waals surface area contributed by atoms with E-state index in [4.69, 9.17) is 0 Å². The van der Waals surface area contributed by atoms with Crippen molar-refractivity contribution in [2.24, 2.45) is 0 Å². The maximum atomic E-state index is 2.61. The van der Waals surface area contributed by atoms with Gasteiger partial charge in [-0.25, -0.2) is 0 Å². The summed E-state index contributed by atoms with van der Waals surface area (Å²) in [6, 6.07) is 47.6. The van der Waals surface area contributed by atoms with Gasteiger partial charge in [0.2, 0.25) is 41.5 Å². The first kappa shape index (κ1) is 42.3. The maximum Gasteiger partial charge on any atom is 0.240 e. The summed E-state index contributed by atoms with van der Waals surface area (Å²) in [7, 11) is 0. The molecule has 322 valence electrons. The fourth-order valence-corrected chi connectivity index (χ4v) is 14.5. The van der Waals surface area contributed by atoms with Crippen molar-refractivity contribution in [2.45, 2.75) is 83.1 Å². The fourth-order valence-electron chi connectivity index (χ4n) is 12.3. The molecule has 0 aliphatic carbocycles. The van der Waals surface area contributed by atoms with E-state index in [-0.39, 0.29) is 0 Å². The van der Waals surface area contributed by atoms with Crippen molar-refractivity contribution >= 4 is 84.6 Å². The predicted octanol–water partition coefficient (Wildman–Crippen LogP) is 19.7. The monoisotopic (exact) mass is 888 g/mol. The summed E-state index contributed by atoms with van der Waals surface area (Å²) in [5.41, 5.74) is 26.4. The third-order valence-electron chi connectivity index (χ3n) is 14.3. The predicted molar refractivity (Wildman–Crippen MR) is 295 cm³/mol. The van der Waals surface area contributed by atoms with Crippen molar-refractivity contribution in [1.29, 1.82) is 0 Å². The molecule has 0 spiro atoms. The third kappa shape index (κ3) is 6.59. The Labute approximate surface area is 397 Å². The van der Waals surface area contributed by atoms with Crippen molar-refractivity contribution in [1.82, 2.24) is 0 Å². The Bertz CT molecular complexity index is 3590. The zero-order valence-corrected chi connectivity index (χ0v) is 42.0. The Morgan fingerprint density at radius 1 is 0.212 bits per heavy atom. The first-order chi connectivity index (χ1) is 31.7. The highest BCUT2D eigenvalue weighted by Gasteiger charge is 2.30. The molecule has 0 nitrogen and oxygen atoms in total. The average Bonchev–Trinajstić information content (AvgIpc) is 3.24. The molecule has 11 rings (SSSR count). The molecule has 0 unspecified atom stereocenters. The second kappa shape index (κ2) is 15.7. The zero-order valence-electron chi connectivity index (χ0n) is 40.4. The van der Waals surface area contributed by atoms with Crippen LogP contribution in [0.25, 0.3) is 106 Å². The summed E-state index contributed by atoms with van der Waals surface area (Å²) in [6.45, 7) is 27.4. The Morgan fingerprint density at radius 3 is 0.742 bits per heavy atom. The molecule has 0 aliphatic rings. The molecular formula is C64H56S2+2. The SMILES string of the molecule is Cc1cc(C)c(-c2c3ccccc3[s+]c3cc4c(-c5c(C)cc(C)cc5C)c5cc6c(-c7c(C)cc(C)cc7C)c7ccccc7[s+]c6cc5c(-c5c(C)cc(C)cc5C)c4cc23)c(C)c1. The number of hydrogen-bond donors (Lipinski definition) is 0. The highest BCUT2D eigenvalue weighted by molar-refractivity contribution is 7.25. The lowest BCUT2D eigenvalue weighted by Crippen LogP contribution is -1.99. The van der Waals surface area contributed by atoms with Gasteiger partial charge in [-0.3, -0.25) is 0 Å². The van der Waals surface area contributed by atoms with Gasteiger partial charge in [0.1, 0.15) is 0 Å². The molecule has 0 amide bonds. The van der Waals surface area contributed by atoms with Crippen LogP contribution in [0.2, 0.25) is 0 Å². The summed E-state index contributed by atoms with van der Waals surface area (Å²) in [5.74, 6) is 0. The van der Waals surface area contributed by atoms with E-state index in [9.17, 15) is 0 Å². The van der Waals surface area contributed by atoms with Gasteiger partial charge in [-0.2, -0.15) is 0 Å². The van der Waals surface area contributed by atoms with Crippen molar-refractivity contribution in [2.75, 3.05) is 0 Å². The quantitative estimate of drug-likeness (QED) is 0.122. The van der Waals surface area contributed by atoms with E-state index in [1.165, 1.54) is 173 Å². The molecule has 0 saturated heterocycles. The van der Waals surface area contributed by atoms with E-state index < -0.39 is 0 Å². The summed E-state index contributed by atoms with van der Waals surface area (Å²) in [4.78, 5) is 0. The lowest BCUT2D eigenvalue weighted by molar-refractivity contribution is 1.32. The molecule has 0 aliphatic heterocycles. The summed E-state index contributed by atoms with van der Waals surface area (Å²) in [5, 5.41) is 10.5. The zero-order chi connectivity index (χ0) is 46.0. The van der Waals surface area contributed by atoms with Crippen LogP contribution < -0.4 is 0 Å². The minimum absolute atomic E-state index is 1.30. The van der Waals surface area contributed by atoms with Crippen LogP contribution in [0.4, 0.5) is 0 Å². The van der Waals surface area contributed by atoms with E-state index >= 15 is 0 Å². The third-order valence-corrected chi connectivity index (χ3v) is 16.6. The molecule has 66 heavy (non-hydrogen) atoms. The molecule has 9 aromatic carbocycles. The first-order valence-corrected chi connectivity index (χ1v) is 25.0. The van der Waals surface area contributed by atoms with Crippen molar-refractivity contribution in [3.8, 4) is 44.5 Å². The molecule has 0 bridgehead atoms. The topological polar surface area (TPSA) is 0 Å². The van der Waals surface area contributed by atoms with Gasteiger partial charge in [-0.1, -0.05) is 95.1 Å². The molecule has 0 saturated carbocycles. The number of aryl methyl sites for hydroxylation is 12. The first-order valence-electron chi connectivity index (χ1n) is 23.4. The van der Waals surface area contributed by atoms with E-state index in [0.717, 1.165) is 0 Å². The summed E-state index contributed by atoms with van der Waals surface area (Å²) >= 11 is 3.86. The molecular weight excluding hydrogens is 833 g/mol. The highest BCUT2D eigenvalue weighted by Crippen LogP contribution is 2.53. The second-order valence-electron chi connectivity index (χ2n) is 19.6. The molecule has 0 radical (unpaired) electrons. The van der Waals surface area contributed by atoms with E-state index in [0.29, 0.717) is 0 Å². The number of rotatable bonds is 4. The summed E-state index contributed by atoms with van der Waals surface area (Å²) < 4.78 is 5.23. The highest BCUT2D eigenvalue weighted by atomic mass is 32.1. The normalized spacial score (nSPS) is 11.9. The number of hydrogen-bond acceptors (Lipinski definition) is 0. The molecule has 2 heterocycles.